The zero-order valence-electron chi connectivity index (χ0n) is 8.42. The molecule has 0 radical (unpaired) electrons. The summed E-state index contributed by atoms with van der Waals surface area (Å²) in [5.41, 5.74) is -0.427. The van der Waals surface area contributed by atoms with Crippen molar-refractivity contribution >= 4 is 5.97 Å². The van der Waals surface area contributed by atoms with Gasteiger partial charge in [0.15, 0.2) is 0 Å². The molecule has 0 atom stereocenters. The standard InChI is InChI=1S/C10H16O3/c1-5-7-12-8-6-9(11)13-10(2,3)4/h1H,6-8H2,2-4H3. The highest BCUT2D eigenvalue weighted by atomic mass is 16.6. The lowest BCUT2D eigenvalue weighted by molar-refractivity contribution is -0.155. The number of hydrogen-bond acceptors (Lipinski definition) is 3. The minimum atomic E-state index is -0.427. The van der Waals surface area contributed by atoms with Gasteiger partial charge in [0.05, 0.1) is 13.0 Å². The summed E-state index contributed by atoms with van der Waals surface area (Å²) in [6.45, 7) is 6.04. The lowest BCUT2D eigenvalue weighted by Crippen LogP contribution is -2.24. The van der Waals surface area contributed by atoms with Crippen LogP contribution in [-0.2, 0) is 14.3 Å². The van der Waals surface area contributed by atoms with Crippen LogP contribution < -0.4 is 0 Å². The predicted molar refractivity (Wildman–Crippen MR) is 50.1 cm³/mol. The highest BCUT2D eigenvalue weighted by Gasteiger charge is 2.15. The minimum absolute atomic E-state index is 0.239. The molecule has 0 aliphatic heterocycles. The van der Waals surface area contributed by atoms with Gasteiger partial charge in [0.2, 0.25) is 0 Å². The van der Waals surface area contributed by atoms with E-state index in [2.05, 4.69) is 5.92 Å². The molecule has 3 heteroatoms. The molecule has 0 fully saturated rings. The molecule has 0 aromatic rings. The Labute approximate surface area is 79.4 Å². The van der Waals surface area contributed by atoms with Crippen molar-refractivity contribution in [3.63, 3.8) is 0 Å². The van der Waals surface area contributed by atoms with Gasteiger partial charge in [0.1, 0.15) is 12.2 Å². The summed E-state index contributed by atoms with van der Waals surface area (Å²) in [4.78, 5) is 11.1. The molecule has 0 heterocycles. The Bertz CT molecular complexity index is 195. The SMILES string of the molecule is C#CCOCCC(=O)OC(C)(C)C. The zero-order chi connectivity index (χ0) is 10.3. The van der Waals surface area contributed by atoms with E-state index in [1.54, 1.807) is 0 Å². The van der Waals surface area contributed by atoms with Gasteiger partial charge in [-0.15, -0.1) is 6.42 Å². The number of carbonyl (C=O) groups excluding carboxylic acids is 1. The van der Waals surface area contributed by atoms with E-state index in [9.17, 15) is 4.79 Å². The summed E-state index contributed by atoms with van der Waals surface area (Å²) in [5.74, 6) is 2.06. The molecular formula is C10H16O3. The van der Waals surface area contributed by atoms with Gasteiger partial charge >= 0.3 is 5.97 Å². The molecule has 0 unspecified atom stereocenters. The lowest BCUT2D eigenvalue weighted by atomic mass is 10.2. The van der Waals surface area contributed by atoms with Crippen LogP contribution in [0.1, 0.15) is 27.2 Å². The van der Waals surface area contributed by atoms with Crippen molar-refractivity contribution in [2.75, 3.05) is 13.2 Å². The van der Waals surface area contributed by atoms with E-state index >= 15 is 0 Å². The predicted octanol–water partition coefficient (Wildman–Crippen LogP) is 1.37. The molecule has 13 heavy (non-hydrogen) atoms. The van der Waals surface area contributed by atoms with Crippen molar-refractivity contribution in [3.05, 3.63) is 0 Å². The van der Waals surface area contributed by atoms with Crippen molar-refractivity contribution in [2.45, 2.75) is 32.8 Å². The fraction of sp³-hybridized carbons (Fsp3) is 0.700. The van der Waals surface area contributed by atoms with Crippen LogP contribution in [0, 0.1) is 12.3 Å². The van der Waals surface area contributed by atoms with Gasteiger partial charge in [0.25, 0.3) is 0 Å². The van der Waals surface area contributed by atoms with Crippen molar-refractivity contribution < 1.29 is 14.3 Å². The van der Waals surface area contributed by atoms with Gasteiger partial charge in [0, 0.05) is 0 Å². The fourth-order valence-corrected chi connectivity index (χ4v) is 0.679. The maximum Gasteiger partial charge on any atom is 0.308 e. The third-order valence-electron chi connectivity index (χ3n) is 1.06. The van der Waals surface area contributed by atoms with E-state index in [-0.39, 0.29) is 19.0 Å². The lowest BCUT2D eigenvalue weighted by Gasteiger charge is -2.19. The third kappa shape index (κ3) is 8.90. The Hall–Kier alpha value is -1.01. The smallest absolute Gasteiger partial charge is 0.308 e. The molecule has 0 bridgehead atoms. The largest absolute Gasteiger partial charge is 0.460 e. The second-order valence-electron chi connectivity index (χ2n) is 3.59. The second-order valence-corrected chi connectivity index (χ2v) is 3.59. The maximum atomic E-state index is 11.1. The molecule has 0 N–H and O–H groups in total. The molecule has 0 aliphatic carbocycles. The first kappa shape index (κ1) is 12.0. The maximum absolute atomic E-state index is 11.1. The Morgan fingerprint density at radius 1 is 1.46 bits per heavy atom. The van der Waals surface area contributed by atoms with Crippen LogP contribution in [0.3, 0.4) is 0 Å². The first-order chi connectivity index (χ1) is 5.95. The van der Waals surface area contributed by atoms with E-state index < -0.39 is 5.60 Å². The fourth-order valence-electron chi connectivity index (χ4n) is 0.679. The van der Waals surface area contributed by atoms with E-state index in [4.69, 9.17) is 15.9 Å². The number of carbonyl (C=O) groups is 1. The van der Waals surface area contributed by atoms with Gasteiger partial charge in [-0.05, 0) is 20.8 Å². The van der Waals surface area contributed by atoms with Crippen LogP contribution in [0.4, 0.5) is 0 Å². The first-order valence-electron chi connectivity index (χ1n) is 4.19. The molecule has 0 spiro atoms. The van der Waals surface area contributed by atoms with Crippen molar-refractivity contribution in [3.8, 4) is 12.3 Å². The normalized spacial score (nSPS) is 10.6. The average Bonchev–Trinajstić information content (AvgIpc) is 1.94. The molecule has 3 nitrogen and oxygen atoms in total. The molecule has 0 amide bonds. The first-order valence-corrected chi connectivity index (χ1v) is 4.19. The van der Waals surface area contributed by atoms with E-state index in [1.165, 1.54) is 0 Å². The summed E-state index contributed by atoms with van der Waals surface area (Å²) in [6.07, 6.45) is 5.20. The topological polar surface area (TPSA) is 35.5 Å². The Balaban J connectivity index is 3.48. The molecule has 0 saturated heterocycles. The van der Waals surface area contributed by atoms with Crippen molar-refractivity contribution in [1.29, 1.82) is 0 Å². The summed E-state index contributed by atoms with van der Waals surface area (Å²) >= 11 is 0. The highest BCUT2D eigenvalue weighted by Crippen LogP contribution is 2.07. The summed E-state index contributed by atoms with van der Waals surface area (Å²) in [6, 6.07) is 0. The van der Waals surface area contributed by atoms with Crippen LogP contribution in [-0.4, -0.2) is 24.8 Å². The van der Waals surface area contributed by atoms with Gasteiger partial charge < -0.3 is 9.47 Å². The van der Waals surface area contributed by atoms with Crippen LogP contribution in [0.2, 0.25) is 0 Å². The Kier molecular flexibility index (Phi) is 5.17. The van der Waals surface area contributed by atoms with E-state index in [0.717, 1.165) is 0 Å². The Morgan fingerprint density at radius 2 is 2.08 bits per heavy atom. The quantitative estimate of drug-likeness (QED) is 0.376. The molecule has 0 aliphatic rings. The monoisotopic (exact) mass is 184 g/mol. The van der Waals surface area contributed by atoms with Crippen molar-refractivity contribution in [2.24, 2.45) is 0 Å². The van der Waals surface area contributed by atoms with Gasteiger partial charge in [-0.3, -0.25) is 4.79 Å². The molecular weight excluding hydrogens is 168 g/mol. The van der Waals surface area contributed by atoms with Crippen LogP contribution in [0.15, 0.2) is 0 Å². The number of terminal acetylenes is 1. The third-order valence-corrected chi connectivity index (χ3v) is 1.06. The number of hydrogen-bond donors (Lipinski definition) is 0. The number of ether oxygens (including phenoxy) is 2. The Morgan fingerprint density at radius 3 is 2.54 bits per heavy atom. The number of rotatable bonds is 4. The van der Waals surface area contributed by atoms with Crippen LogP contribution in [0.25, 0.3) is 0 Å². The number of esters is 1. The molecule has 0 aromatic heterocycles. The van der Waals surface area contributed by atoms with E-state index in [1.807, 2.05) is 20.8 Å². The van der Waals surface area contributed by atoms with Gasteiger partial charge in [-0.25, -0.2) is 0 Å². The summed E-state index contributed by atoms with van der Waals surface area (Å²) in [5, 5.41) is 0. The van der Waals surface area contributed by atoms with Crippen LogP contribution >= 0.6 is 0 Å². The minimum Gasteiger partial charge on any atom is -0.460 e. The second kappa shape index (κ2) is 5.60. The molecule has 0 aromatic carbocycles. The van der Waals surface area contributed by atoms with Gasteiger partial charge in [-0.2, -0.15) is 0 Å². The van der Waals surface area contributed by atoms with Gasteiger partial charge in [-0.1, -0.05) is 5.92 Å². The molecule has 0 saturated carbocycles. The zero-order valence-corrected chi connectivity index (χ0v) is 8.42. The summed E-state index contributed by atoms with van der Waals surface area (Å²) in [7, 11) is 0. The van der Waals surface area contributed by atoms with Crippen LogP contribution in [0.5, 0.6) is 0 Å². The molecule has 0 rings (SSSR count). The average molecular weight is 184 g/mol. The van der Waals surface area contributed by atoms with Crippen molar-refractivity contribution in [1.82, 2.24) is 0 Å². The van der Waals surface area contributed by atoms with E-state index in [0.29, 0.717) is 6.61 Å². The highest BCUT2D eigenvalue weighted by molar-refractivity contribution is 5.69. The summed E-state index contributed by atoms with van der Waals surface area (Å²) < 4.78 is 9.98. The molecule has 74 valence electrons.